The maximum Gasteiger partial charge on any atom is 0.295 e. The second-order valence-electron chi connectivity index (χ2n) is 2.64. The summed E-state index contributed by atoms with van der Waals surface area (Å²) in [5.41, 5.74) is 10.3. The van der Waals surface area contributed by atoms with Gasteiger partial charge in [-0.05, 0) is 12.5 Å². The quantitative estimate of drug-likeness (QED) is 0.289. The molecule has 3 heteroatoms. The normalized spacial score (nSPS) is 13.9. The van der Waals surface area contributed by atoms with Crippen molar-refractivity contribution in [1.82, 2.24) is 5.32 Å². The average molecular weight is 173 g/mol. The Morgan fingerprint density at radius 2 is 2.46 bits per heavy atom. The minimum atomic E-state index is 0.684. The number of allylic oxidation sites excluding steroid dienone is 2. The van der Waals surface area contributed by atoms with Crippen molar-refractivity contribution in [2.24, 2.45) is 0 Å². The summed E-state index contributed by atoms with van der Waals surface area (Å²) in [6.07, 6.45) is 6.42. The molecule has 0 aromatic rings. The van der Waals surface area contributed by atoms with Crippen molar-refractivity contribution in [3.8, 4) is 12.0 Å². The molecular formula is C10H11N3. The molecule has 0 saturated heterocycles. The van der Waals surface area contributed by atoms with Crippen LogP contribution >= 0.6 is 0 Å². The lowest BCUT2D eigenvalue weighted by atomic mass is 10.1. The summed E-state index contributed by atoms with van der Waals surface area (Å²) in [4.78, 5) is 3.12. The van der Waals surface area contributed by atoms with Gasteiger partial charge in [-0.3, -0.25) is 0 Å². The van der Waals surface area contributed by atoms with Crippen LogP contribution in [0.1, 0.15) is 13.3 Å². The van der Waals surface area contributed by atoms with Crippen LogP contribution in [-0.4, -0.2) is 17.0 Å². The third kappa shape index (κ3) is 2.98. The Balaban J connectivity index is 2.46. The number of nitrogens with one attached hydrogen (secondary N) is 1. The zero-order chi connectivity index (χ0) is 9.52. The molecule has 0 aliphatic heterocycles. The van der Waals surface area contributed by atoms with Gasteiger partial charge < -0.3 is 10.8 Å². The largest absolute Gasteiger partial charge is 0.361 e. The molecular weight excluding hydrogens is 162 g/mol. The van der Waals surface area contributed by atoms with E-state index in [1.54, 1.807) is 13.0 Å². The fourth-order valence-corrected chi connectivity index (χ4v) is 1.01. The van der Waals surface area contributed by atoms with E-state index in [-0.39, 0.29) is 0 Å². The molecule has 1 aliphatic carbocycles. The molecule has 1 aliphatic rings. The van der Waals surface area contributed by atoms with E-state index in [2.05, 4.69) is 22.1 Å². The van der Waals surface area contributed by atoms with Crippen molar-refractivity contribution in [2.45, 2.75) is 13.3 Å². The first-order valence-electron chi connectivity index (χ1n) is 4.09. The van der Waals surface area contributed by atoms with Crippen molar-refractivity contribution in [3.63, 3.8) is 0 Å². The minimum absolute atomic E-state index is 0.684. The topological polar surface area (TPSA) is 48.4 Å². The number of hydrogen-bond acceptors (Lipinski definition) is 1. The van der Waals surface area contributed by atoms with Gasteiger partial charge in [-0.1, -0.05) is 18.1 Å². The monoisotopic (exact) mass is 173 g/mol. The number of hydrogen-bond donors (Lipinski definition) is 1. The van der Waals surface area contributed by atoms with E-state index < -0.39 is 0 Å². The first kappa shape index (κ1) is 9.31. The first-order valence-corrected chi connectivity index (χ1v) is 4.09. The van der Waals surface area contributed by atoms with E-state index in [0.717, 1.165) is 12.1 Å². The fourth-order valence-electron chi connectivity index (χ4n) is 1.01. The Bertz CT molecular complexity index is 346. The van der Waals surface area contributed by atoms with E-state index >= 15 is 0 Å². The molecule has 0 atom stereocenters. The van der Waals surface area contributed by atoms with E-state index in [1.807, 2.05) is 12.2 Å². The van der Waals surface area contributed by atoms with Gasteiger partial charge in [0.2, 0.25) is 0 Å². The molecule has 1 rings (SSSR count). The van der Waals surface area contributed by atoms with Gasteiger partial charge >= 0.3 is 0 Å². The summed E-state index contributed by atoms with van der Waals surface area (Å²) in [5, 5.41) is 2.95. The van der Waals surface area contributed by atoms with Crippen LogP contribution in [0, 0.1) is 12.0 Å². The zero-order valence-electron chi connectivity index (χ0n) is 7.54. The second-order valence-corrected chi connectivity index (χ2v) is 2.64. The molecule has 0 radical (unpaired) electrons. The van der Waals surface area contributed by atoms with Crippen LogP contribution in [0.25, 0.3) is 5.53 Å². The molecule has 0 saturated carbocycles. The lowest BCUT2D eigenvalue weighted by Gasteiger charge is -2.02. The van der Waals surface area contributed by atoms with Gasteiger partial charge in [0.1, 0.15) is 0 Å². The van der Waals surface area contributed by atoms with Crippen LogP contribution in [0.5, 0.6) is 0 Å². The third-order valence-corrected chi connectivity index (χ3v) is 1.70. The lowest BCUT2D eigenvalue weighted by Crippen LogP contribution is -2.11. The smallest absolute Gasteiger partial charge is 0.295 e. The molecule has 0 aromatic carbocycles. The molecule has 0 amide bonds. The van der Waals surface area contributed by atoms with Crippen LogP contribution in [0.15, 0.2) is 23.8 Å². The molecule has 1 N–H and O–H groups in total. The van der Waals surface area contributed by atoms with Crippen LogP contribution in [0.4, 0.5) is 0 Å². The van der Waals surface area contributed by atoms with Crippen LogP contribution in [0.3, 0.4) is 0 Å². The Morgan fingerprint density at radius 1 is 1.62 bits per heavy atom. The summed E-state index contributed by atoms with van der Waals surface area (Å²) in [6, 6.07) is 2.77. The standard InChI is InChI=1S/C10H11N3/c1-2-7-12-8-9-3-5-10(13-11)6-4-9/h3-5,12H,6,8H2,1H3. The lowest BCUT2D eigenvalue weighted by molar-refractivity contribution is -0.00540. The predicted octanol–water partition coefficient (Wildman–Crippen LogP) is 1.11. The average Bonchev–Trinajstić information content (AvgIpc) is 2.19. The summed E-state index contributed by atoms with van der Waals surface area (Å²) in [6.45, 7) is 2.52. The Morgan fingerprint density at radius 3 is 3.00 bits per heavy atom. The van der Waals surface area contributed by atoms with E-state index in [1.165, 1.54) is 0 Å². The zero-order valence-corrected chi connectivity index (χ0v) is 7.54. The number of rotatable bonds is 2. The minimum Gasteiger partial charge on any atom is -0.361 e. The fraction of sp³-hybridized carbons (Fsp3) is 0.300. The molecule has 0 heterocycles. The van der Waals surface area contributed by atoms with Crippen LogP contribution < -0.4 is 5.32 Å². The highest BCUT2D eigenvalue weighted by Gasteiger charge is 2.06. The maximum atomic E-state index is 8.46. The first-order chi connectivity index (χ1) is 6.36. The molecule has 0 bridgehead atoms. The highest BCUT2D eigenvalue weighted by molar-refractivity contribution is 5.93. The van der Waals surface area contributed by atoms with Gasteiger partial charge in [-0.15, -0.1) is 0 Å². The summed E-state index contributed by atoms with van der Waals surface area (Å²) in [5.74, 6) is 2.75. The van der Waals surface area contributed by atoms with Crippen molar-refractivity contribution in [2.75, 3.05) is 6.54 Å². The molecule has 13 heavy (non-hydrogen) atoms. The summed E-state index contributed by atoms with van der Waals surface area (Å²) >= 11 is 0. The van der Waals surface area contributed by atoms with E-state index in [4.69, 9.17) is 5.53 Å². The summed E-state index contributed by atoms with van der Waals surface area (Å²) < 4.78 is 0. The van der Waals surface area contributed by atoms with Gasteiger partial charge in [0.25, 0.3) is 5.71 Å². The van der Waals surface area contributed by atoms with E-state index in [0.29, 0.717) is 12.1 Å². The molecule has 0 fully saturated rings. The van der Waals surface area contributed by atoms with Gasteiger partial charge in [0, 0.05) is 18.7 Å². The second kappa shape index (κ2) is 4.97. The van der Waals surface area contributed by atoms with Gasteiger partial charge in [0.15, 0.2) is 0 Å². The maximum absolute atomic E-state index is 8.46. The van der Waals surface area contributed by atoms with Crippen LogP contribution in [-0.2, 0) is 0 Å². The summed E-state index contributed by atoms with van der Waals surface area (Å²) in [7, 11) is 0. The SMILES string of the molecule is CC#CNCC1=CCC(=[N+]=[N-])C=C1. The Labute approximate surface area is 77.8 Å². The Hall–Kier alpha value is -1.78. The predicted molar refractivity (Wildman–Crippen MR) is 51.9 cm³/mol. The molecule has 66 valence electrons. The highest BCUT2D eigenvalue weighted by Crippen LogP contribution is 2.05. The van der Waals surface area contributed by atoms with Crippen LogP contribution in [0.2, 0.25) is 0 Å². The van der Waals surface area contributed by atoms with Crippen molar-refractivity contribution in [3.05, 3.63) is 29.3 Å². The Kier molecular flexibility index (Phi) is 3.56. The molecule has 0 aromatic heterocycles. The molecule has 3 nitrogen and oxygen atoms in total. The van der Waals surface area contributed by atoms with Gasteiger partial charge in [0.05, 0.1) is 6.42 Å². The van der Waals surface area contributed by atoms with Crippen molar-refractivity contribution < 1.29 is 4.79 Å². The van der Waals surface area contributed by atoms with Crippen molar-refractivity contribution in [1.29, 1.82) is 0 Å². The van der Waals surface area contributed by atoms with Gasteiger partial charge in [-0.2, -0.15) is 4.79 Å². The van der Waals surface area contributed by atoms with E-state index in [9.17, 15) is 0 Å². The van der Waals surface area contributed by atoms with Crippen molar-refractivity contribution >= 4 is 5.71 Å². The number of nitrogens with zero attached hydrogens (tertiary/aromatic N) is 2. The molecule has 0 unspecified atom stereocenters. The third-order valence-electron chi connectivity index (χ3n) is 1.70. The van der Waals surface area contributed by atoms with Gasteiger partial charge in [-0.25, -0.2) is 0 Å². The highest BCUT2D eigenvalue weighted by atomic mass is 14.9. The molecule has 0 spiro atoms.